The van der Waals surface area contributed by atoms with E-state index in [0.29, 0.717) is 35.1 Å². The molecule has 2 N–H and O–H groups in total. The first kappa shape index (κ1) is 23.4. The summed E-state index contributed by atoms with van der Waals surface area (Å²) in [5, 5.41) is 3.70. The lowest BCUT2D eigenvalue weighted by Gasteiger charge is -2.23. The maximum absolute atomic E-state index is 13.3. The van der Waals surface area contributed by atoms with Gasteiger partial charge in [0.05, 0.1) is 21.7 Å². The number of aryl methyl sites for hydroxylation is 1. The number of sulfonamides is 1. The molecule has 0 bridgehead atoms. The SMILES string of the molecule is CNC(=O)C1CCCN1C(=O)c1cn(C)c2cc(NS(=O)(=O)c3cc(Cl)cc(Cl)c3)ccc12. The Morgan fingerprint density at radius 2 is 1.79 bits per heavy atom. The standard InChI is InChI=1S/C22H22Cl2N4O4S/c1-25-21(29)19-4-3-7-28(19)22(30)18-12-27(2)20-11-15(5-6-17(18)20)26-33(31,32)16-9-13(23)8-14(24)10-16/h5-6,8-12,19,26H,3-4,7H2,1-2H3,(H,25,29). The zero-order valence-corrected chi connectivity index (χ0v) is 20.3. The summed E-state index contributed by atoms with van der Waals surface area (Å²) in [5.41, 5.74) is 1.45. The molecule has 11 heteroatoms. The highest BCUT2D eigenvalue weighted by atomic mass is 35.5. The van der Waals surface area contributed by atoms with Crippen LogP contribution in [0.2, 0.25) is 10.0 Å². The van der Waals surface area contributed by atoms with E-state index in [1.807, 2.05) is 0 Å². The molecule has 2 aromatic carbocycles. The third-order valence-electron chi connectivity index (χ3n) is 5.68. The highest BCUT2D eigenvalue weighted by Crippen LogP contribution is 2.30. The molecule has 0 spiro atoms. The first-order chi connectivity index (χ1) is 15.6. The van der Waals surface area contributed by atoms with Crippen LogP contribution in [0.1, 0.15) is 23.2 Å². The summed E-state index contributed by atoms with van der Waals surface area (Å²) in [6.45, 7) is 0.507. The number of fused-ring (bicyclic) bond motifs is 1. The van der Waals surface area contributed by atoms with Crippen LogP contribution in [0.5, 0.6) is 0 Å². The van der Waals surface area contributed by atoms with Crippen molar-refractivity contribution in [3.05, 3.63) is 58.2 Å². The third-order valence-corrected chi connectivity index (χ3v) is 7.48. The van der Waals surface area contributed by atoms with Crippen molar-refractivity contribution in [3.8, 4) is 0 Å². The lowest BCUT2D eigenvalue weighted by atomic mass is 10.1. The van der Waals surface area contributed by atoms with E-state index < -0.39 is 16.1 Å². The summed E-state index contributed by atoms with van der Waals surface area (Å²) < 4.78 is 29.9. The number of rotatable bonds is 5. The van der Waals surface area contributed by atoms with Gasteiger partial charge < -0.3 is 14.8 Å². The first-order valence-corrected chi connectivity index (χ1v) is 12.4. The van der Waals surface area contributed by atoms with Crippen molar-refractivity contribution in [2.45, 2.75) is 23.8 Å². The van der Waals surface area contributed by atoms with E-state index in [4.69, 9.17) is 23.2 Å². The number of benzene rings is 2. The average Bonchev–Trinajstić information content (AvgIpc) is 3.37. The number of anilines is 1. The van der Waals surface area contributed by atoms with Crippen LogP contribution in [0.3, 0.4) is 0 Å². The van der Waals surface area contributed by atoms with Crippen molar-refractivity contribution in [1.29, 1.82) is 0 Å². The predicted molar refractivity (Wildman–Crippen MR) is 128 cm³/mol. The van der Waals surface area contributed by atoms with E-state index in [0.717, 1.165) is 6.42 Å². The molecule has 1 aliphatic rings. The number of likely N-dealkylation sites (tertiary alicyclic amines) is 1. The maximum Gasteiger partial charge on any atom is 0.261 e. The van der Waals surface area contributed by atoms with Gasteiger partial charge in [0.15, 0.2) is 0 Å². The number of carbonyl (C=O) groups excluding carboxylic acids is 2. The fraction of sp³-hybridized carbons (Fsp3) is 0.273. The summed E-state index contributed by atoms with van der Waals surface area (Å²) in [5.74, 6) is -0.410. The quantitative estimate of drug-likeness (QED) is 0.549. The van der Waals surface area contributed by atoms with Crippen molar-refractivity contribution in [3.63, 3.8) is 0 Å². The van der Waals surface area contributed by atoms with Gasteiger partial charge in [0.25, 0.3) is 15.9 Å². The van der Waals surface area contributed by atoms with Crippen LogP contribution in [-0.4, -0.2) is 49.3 Å². The molecule has 2 amide bonds. The van der Waals surface area contributed by atoms with Gasteiger partial charge in [-0.25, -0.2) is 8.42 Å². The number of carbonyl (C=O) groups is 2. The van der Waals surface area contributed by atoms with Crippen molar-refractivity contribution in [1.82, 2.24) is 14.8 Å². The van der Waals surface area contributed by atoms with E-state index in [1.165, 1.54) is 18.2 Å². The normalized spacial score (nSPS) is 16.2. The molecule has 4 rings (SSSR count). The Hall–Kier alpha value is -2.75. The van der Waals surface area contributed by atoms with Gasteiger partial charge in [-0.05, 0) is 49.2 Å². The van der Waals surface area contributed by atoms with E-state index in [9.17, 15) is 18.0 Å². The van der Waals surface area contributed by atoms with Crippen LogP contribution >= 0.6 is 23.2 Å². The minimum absolute atomic E-state index is 0.0582. The van der Waals surface area contributed by atoms with Crippen LogP contribution < -0.4 is 10.0 Å². The Kier molecular flexibility index (Phi) is 6.30. The fourth-order valence-electron chi connectivity index (χ4n) is 4.12. The van der Waals surface area contributed by atoms with E-state index in [2.05, 4.69) is 10.0 Å². The zero-order valence-electron chi connectivity index (χ0n) is 17.9. The highest BCUT2D eigenvalue weighted by Gasteiger charge is 2.35. The van der Waals surface area contributed by atoms with Crippen LogP contribution in [0.25, 0.3) is 10.9 Å². The molecule has 2 heterocycles. The molecule has 8 nitrogen and oxygen atoms in total. The predicted octanol–water partition coefficient (Wildman–Crippen LogP) is 3.64. The molecule has 33 heavy (non-hydrogen) atoms. The fourth-order valence-corrected chi connectivity index (χ4v) is 5.89. The Balaban J connectivity index is 1.65. The number of nitrogens with one attached hydrogen (secondary N) is 2. The van der Waals surface area contributed by atoms with Crippen LogP contribution in [0.4, 0.5) is 5.69 Å². The van der Waals surface area contributed by atoms with Crippen LogP contribution in [0, 0.1) is 0 Å². The molecule has 174 valence electrons. The Morgan fingerprint density at radius 1 is 1.09 bits per heavy atom. The largest absolute Gasteiger partial charge is 0.357 e. The highest BCUT2D eigenvalue weighted by molar-refractivity contribution is 7.92. The lowest BCUT2D eigenvalue weighted by Crippen LogP contribution is -2.44. The summed E-state index contributed by atoms with van der Waals surface area (Å²) in [6, 6.07) is 8.51. The van der Waals surface area contributed by atoms with Gasteiger partial charge in [-0.3, -0.25) is 14.3 Å². The Bertz CT molecular complexity index is 1350. The van der Waals surface area contributed by atoms with Gasteiger partial charge in [-0.2, -0.15) is 0 Å². The number of amides is 2. The second-order valence-electron chi connectivity index (χ2n) is 7.87. The number of nitrogens with zero attached hydrogens (tertiary/aromatic N) is 2. The molecule has 1 atom stereocenters. The van der Waals surface area contributed by atoms with Crippen molar-refractivity contribution < 1.29 is 18.0 Å². The minimum atomic E-state index is -3.93. The van der Waals surface area contributed by atoms with Gasteiger partial charge in [-0.1, -0.05) is 23.2 Å². The number of aromatic nitrogens is 1. The van der Waals surface area contributed by atoms with Gasteiger partial charge in [0, 0.05) is 42.3 Å². The molecule has 1 aromatic heterocycles. The smallest absolute Gasteiger partial charge is 0.261 e. The summed E-state index contributed by atoms with van der Waals surface area (Å²) in [4.78, 5) is 27.0. The summed E-state index contributed by atoms with van der Waals surface area (Å²) in [6.07, 6.45) is 3.07. The number of likely N-dealkylation sites (N-methyl/N-ethyl adjacent to an activating group) is 1. The third kappa shape index (κ3) is 4.53. The molecule has 0 radical (unpaired) electrons. The molecule has 0 aliphatic carbocycles. The molecule has 1 fully saturated rings. The van der Waals surface area contributed by atoms with Gasteiger partial charge >= 0.3 is 0 Å². The van der Waals surface area contributed by atoms with E-state index in [1.54, 1.807) is 48.0 Å². The number of hydrogen-bond donors (Lipinski definition) is 2. The number of halogens is 2. The molecule has 1 aliphatic heterocycles. The van der Waals surface area contributed by atoms with Gasteiger partial charge in [0.1, 0.15) is 6.04 Å². The Labute approximate surface area is 201 Å². The van der Waals surface area contributed by atoms with E-state index >= 15 is 0 Å². The first-order valence-electron chi connectivity index (χ1n) is 10.2. The molecular weight excluding hydrogens is 487 g/mol. The molecule has 1 unspecified atom stereocenters. The molecule has 3 aromatic rings. The molecular formula is C22H22Cl2N4O4S. The average molecular weight is 509 g/mol. The summed E-state index contributed by atoms with van der Waals surface area (Å²) in [7, 11) is -0.601. The Morgan fingerprint density at radius 3 is 2.45 bits per heavy atom. The monoisotopic (exact) mass is 508 g/mol. The second-order valence-corrected chi connectivity index (χ2v) is 10.4. The topological polar surface area (TPSA) is 101 Å². The molecule has 0 saturated carbocycles. The van der Waals surface area contributed by atoms with E-state index in [-0.39, 0.29) is 26.8 Å². The van der Waals surface area contributed by atoms with Crippen molar-refractivity contribution in [2.24, 2.45) is 7.05 Å². The number of hydrogen-bond acceptors (Lipinski definition) is 4. The lowest BCUT2D eigenvalue weighted by molar-refractivity contribution is -0.124. The maximum atomic E-state index is 13.3. The molecule has 1 saturated heterocycles. The van der Waals surface area contributed by atoms with Gasteiger partial charge in [-0.15, -0.1) is 0 Å². The van der Waals surface area contributed by atoms with Crippen LogP contribution in [0.15, 0.2) is 47.5 Å². The van der Waals surface area contributed by atoms with Crippen molar-refractivity contribution >= 4 is 61.6 Å². The van der Waals surface area contributed by atoms with Crippen molar-refractivity contribution in [2.75, 3.05) is 18.3 Å². The summed E-state index contributed by atoms with van der Waals surface area (Å²) >= 11 is 11.9. The second kappa shape index (κ2) is 8.89. The zero-order chi connectivity index (χ0) is 23.9. The minimum Gasteiger partial charge on any atom is -0.357 e. The van der Waals surface area contributed by atoms with Gasteiger partial charge in [0.2, 0.25) is 5.91 Å². The van der Waals surface area contributed by atoms with Crippen LogP contribution in [-0.2, 0) is 21.9 Å².